The second-order valence-electron chi connectivity index (χ2n) is 3.34. The van der Waals surface area contributed by atoms with Crippen LogP contribution in [0.25, 0.3) is 0 Å². The fourth-order valence-corrected chi connectivity index (χ4v) is 1.63. The Bertz CT molecular complexity index is 118. The van der Waals surface area contributed by atoms with Gasteiger partial charge in [-0.1, -0.05) is 25.0 Å². The quantitative estimate of drug-likeness (QED) is 0.476. The molecule has 0 radical (unpaired) electrons. The summed E-state index contributed by atoms with van der Waals surface area (Å²) >= 11 is 0. The lowest BCUT2D eigenvalue weighted by Gasteiger charge is -2.05. The summed E-state index contributed by atoms with van der Waals surface area (Å²) in [6.07, 6.45) is 12.1. The van der Waals surface area contributed by atoms with Crippen LogP contribution in [0.1, 0.15) is 38.5 Å². The highest BCUT2D eigenvalue weighted by Crippen LogP contribution is 2.22. The number of unbranched alkanes of at least 4 members (excludes halogenated alkanes) is 2. The van der Waals surface area contributed by atoms with Crippen molar-refractivity contribution in [3.8, 4) is 0 Å². The average molecular weight is 154 g/mol. The first-order valence-corrected chi connectivity index (χ1v) is 4.71. The van der Waals surface area contributed by atoms with E-state index in [0.29, 0.717) is 6.61 Å². The van der Waals surface area contributed by atoms with Crippen LogP contribution >= 0.6 is 0 Å². The van der Waals surface area contributed by atoms with Gasteiger partial charge in [0.2, 0.25) is 0 Å². The van der Waals surface area contributed by atoms with E-state index in [9.17, 15) is 0 Å². The zero-order valence-electron chi connectivity index (χ0n) is 7.13. The van der Waals surface area contributed by atoms with Crippen molar-refractivity contribution in [3.05, 3.63) is 12.2 Å². The van der Waals surface area contributed by atoms with Crippen LogP contribution in [0, 0.1) is 5.92 Å². The minimum Gasteiger partial charge on any atom is -0.396 e. The van der Waals surface area contributed by atoms with Gasteiger partial charge in [0.05, 0.1) is 0 Å². The Morgan fingerprint density at radius 1 is 1.27 bits per heavy atom. The van der Waals surface area contributed by atoms with Gasteiger partial charge in [-0.15, -0.1) is 0 Å². The molecular weight excluding hydrogens is 136 g/mol. The Balaban J connectivity index is 1.90. The average Bonchev–Trinajstić information content (AvgIpc) is 2.50. The van der Waals surface area contributed by atoms with Crippen molar-refractivity contribution < 1.29 is 5.11 Å². The monoisotopic (exact) mass is 154 g/mol. The first-order chi connectivity index (χ1) is 5.43. The van der Waals surface area contributed by atoms with E-state index in [-0.39, 0.29) is 0 Å². The number of aliphatic hydroxyl groups is 1. The Morgan fingerprint density at radius 2 is 2.18 bits per heavy atom. The first-order valence-electron chi connectivity index (χ1n) is 4.71. The summed E-state index contributed by atoms with van der Waals surface area (Å²) in [5.74, 6) is 0.855. The summed E-state index contributed by atoms with van der Waals surface area (Å²) in [5, 5.41) is 8.54. The SMILES string of the molecule is OCCCCCC1C=CCC1. The fraction of sp³-hybridized carbons (Fsp3) is 0.800. The molecule has 1 aliphatic rings. The number of aliphatic hydroxyl groups excluding tert-OH is 1. The molecule has 0 spiro atoms. The standard InChI is InChI=1S/C10H18O/c11-9-5-1-2-6-10-7-3-4-8-10/h3,7,10-11H,1-2,4-6,8-9H2. The molecule has 0 aliphatic heterocycles. The van der Waals surface area contributed by atoms with Gasteiger partial charge < -0.3 is 5.11 Å². The molecule has 0 heterocycles. The molecule has 1 rings (SSSR count). The van der Waals surface area contributed by atoms with E-state index in [0.717, 1.165) is 12.3 Å². The van der Waals surface area contributed by atoms with Crippen LogP contribution in [-0.2, 0) is 0 Å². The highest BCUT2D eigenvalue weighted by Gasteiger charge is 2.07. The zero-order valence-corrected chi connectivity index (χ0v) is 7.13. The van der Waals surface area contributed by atoms with Gasteiger partial charge >= 0.3 is 0 Å². The first kappa shape index (κ1) is 8.79. The summed E-state index contributed by atoms with van der Waals surface area (Å²) in [6, 6.07) is 0. The van der Waals surface area contributed by atoms with E-state index < -0.39 is 0 Å². The van der Waals surface area contributed by atoms with Crippen molar-refractivity contribution in [1.82, 2.24) is 0 Å². The predicted octanol–water partition coefficient (Wildman–Crippen LogP) is 2.51. The summed E-state index contributed by atoms with van der Waals surface area (Å²) in [6.45, 7) is 0.362. The maximum atomic E-state index is 8.54. The summed E-state index contributed by atoms with van der Waals surface area (Å²) in [4.78, 5) is 0. The van der Waals surface area contributed by atoms with E-state index in [4.69, 9.17) is 5.11 Å². The predicted molar refractivity (Wildman–Crippen MR) is 47.4 cm³/mol. The highest BCUT2D eigenvalue weighted by atomic mass is 16.2. The lowest BCUT2D eigenvalue weighted by atomic mass is 10.0. The van der Waals surface area contributed by atoms with Gasteiger partial charge in [-0.05, 0) is 31.6 Å². The van der Waals surface area contributed by atoms with Crippen LogP contribution < -0.4 is 0 Å². The Kier molecular flexibility index (Phi) is 4.29. The van der Waals surface area contributed by atoms with E-state index in [2.05, 4.69) is 12.2 Å². The fourth-order valence-electron chi connectivity index (χ4n) is 1.63. The van der Waals surface area contributed by atoms with Gasteiger partial charge in [-0.2, -0.15) is 0 Å². The smallest absolute Gasteiger partial charge is 0.0431 e. The largest absolute Gasteiger partial charge is 0.396 e. The molecule has 0 bridgehead atoms. The van der Waals surface area contributed by atoms with E-state index >= 15 is 0 Å². The summed E-state index contributed by atoms with van der Waals surface area (Å²) in [5.41, 5.74) is 0. The van der Waals surface area contributed by atoms with E-state index in [1.807, 2.05) is 0 Å². The van der Waals surface area contributed by atoms with Crippen LogP contribution in [0.4, 0.5) is 0 Å². The van der Waals surface area contributed by atoms with Gasteiger partial charge in [0, 0.05) is 6.61 Å². The normalized spacial score (nSPS) is 22.8. The maximum Gasteiger partial charge on any atom is 0.0431 e. The molecule has 0 saturated heterocycles. The van der Waals surface area contributed by atoms with Crippen molar-refractivity contribution in [2.45, 2.75) is 38.5 Å². The molecule has 1 N–H and O–H groups in total. The number of allylic oxidation sites excluding steroid dienone is 2. The topological polar surface area (TPSA) is 20.2 Å². The minimum absolute atomic E-state index is 0.362. The van der Waals surface area contributed by atoms with Crippen molar-refractivity contribution in [3.63, 3.8) is 0 Å². The number of hydrogen-bond acceptors (Lipinski definition) is 1. The summed E-state index contributed by atoms with van der Waals surface area (Å²) < 4.78 is 0. The third kappa shape index (κ3) is 3.57. The molecule has 1 nitrogen and oxygen atoms in total. The molecule has 0 aromatic rings. The Hall–Kier alpha value is -0.300. The van der Waals surface area contributed by atoms with Gasteiger partial charge in [0.25, 0.3) is 0 Å². The minimum atomic E-state index is 0.362. The zero-order chi connectivity index (χ0) is 7.94. The Labute approximate surface area is 69.1 Å². The second-order valence-corrected chi connectivity index (χ2v) is 3.34. The van der Waals surface area contributed by atoms with E-state index in [1.165, 1.54) is 32.1 Å². The van der Waals surface area contributed by atoms with Crippen molar-refractivity contribution >= 4 is 0 Å². The molecule has 1 heteroatoms. The van der Waals surface area contributed by atoms with Crippen molar-refractivity contribution in [1.29, 1.82) is 0 Å². The maximum absolute atomic E-state index is 8.54. The van der Waals surface area contributed by atoms with E-state index in [1.54, 1.807) is 0 Å². The molecular formula is C10H18O. The lowest BCUT2D eigenvalue weighted by molar-refractivity contribution is 0.281. The van der Waals surface area contributed by atoms with Gasteiger partial charge in [0.1, 0.15) is 0 Å². The second kappa shape index (κ2) is 5.36. The molecule has 11 heavy (non-hydrogen) atoms. The molecule has 64 valence electrons. The molecule has 0 saturated carbocycles. The molecule has 0 aromatic heterocycles. The van der Waals surface area contributed by atoms with Crippen LogP contribution in [-0.4, -0.2) is 11.7 Å². The molecule has 1 atom stereocenters. The number of rotatable bonds is 5. The van der Waals surface area contributed by atoms with Gasteiger partial charge in [0.15, 0.2) is 0 Å². The third-order valence-electron chi connectivity index (χ3n) is 2.35. The molecule has 0 aromatic carbocycles. The molecule has 0 amide bonds. The summed E-state index contributed by atoms with van der Waals surface area (Å²) in [7, 11) is 0. The lowest BCUT2D eigenvalue weighted by Crippen LogP contribution is -1.92. The number of hydrogen-bond donors (Lipinski definition) is 1. The van der Waals surface area contributed by atoms with Gasteiger partial charge in [-0.25, -0.2) is 0 Å². The van der Waals surface area contributed by atoms with Crippen LogP contribution in [0.3, 0.4) is 0 Å². The molecule has 1 unspecified atom stereocenters. The third-order valence-corrected chi connectivity index (χ3v) is 2.35. The molecule has 1 aliphatic carbocycles. The van der Waals surface area contributed by atoms with Gasteiger partial charge in [-0.3, -0.25) is 0 Å². The molecule has 0 fully saturated rings. The highest BCUT2D eigenvalue weighted by molar-refractivity contribution is 4.95. The van der Waals surface area contributed by atoms with Crippen molar-refractivity contribution in [2.75, 3.05) is 6.61 Å². The van der Waals surface area contributed by atoms with Crippen LogP contribution in [0.2, 0.25) is 0 Å². The van der Waals surface area contributed by atoms with Crippen molar-refractivity contribution in [2.24, 2.45) is 5.92 Å². The Morgan fingerprint density at radius 3 is 2.82 bits per heavy atom. The van der Waals surface area contributed by atoms with Crippen LogP contribution in [0.5, 0.6) is 0 Å². The van der Waals surface area contributed by atoms with Crippen LogP contribution in [0.15, 0.2) is 12.2 Å².